The summed E-state index contributed by atoms with van der Waals surface area (Å²) in [4.78, 5) is 0.349. The molecule has 19 heavy (non-hydrogen) atoms. The van der Waals surface area contributed by atoms with E-state index in [0.717, 1.165) is 32.1 Å². The molecule has 0 aromatic heterocycles. The first-order chi connectivity index (χ1) is 9.05. The highest BCUT2D eigenvalue weighted by Crippen LogP contribution is 2.26. The quantitative estimate of drug-likeness (QED) is 0.867. The van der Waals surface area contributed by atoms with E-state index in [-0.39, 0.29) is 6.04 Å². The predicted octanol–water partition coefficient (Wildman–Crippen LogP) is 2.61. The minimum absolute atomic E-state index is 0.130. The number of rotatable bonds is 3. The molecule has 0 spiro atoms. The Morgan fingerprint density at radius 1 is 1.21 bits per heavy atom. The highest BCUT2D eigenvalue weighted by atomic mass is 32.2. The Balaban J connectivity index is 2.33. The molecule has 0 saturated carbocycles. The molecule has 1 aliphatic heterocycles. The van der Waals surface area contributed by atoms with Crippen LogP contribution in [0.25, 0.3) is 0 Å². The van der Waals surface area contributed by atoms with Crippen molar-refractivity contribution in [1.82, 2.24) is 4.31 Å². The Hall–Kier alpha value is -1.07. The van der Waals surface area contributed by atoms with Gasteiger partial charge in [0, 0.05) is 18.3 Å². The molecule has 1 aliphatic rings. The van der Waals surface area contributed by atoms with Gasteiger partial charge in [-0.1, -0.05) is 19.8 Å². The van der Waals surface area contributed by atoms with Gasteiger partial charge in [0.2, 0.25) is 10.0 Å². The lowest BCUT2D eigenvalue weighted by Crippen LogP contribution is -2.39. The lowest BCUT2D eigenvalue weighted by molar-refractivity contribution is 0.315. The average Bonchev–Trinajstić information content (AvgIpc) is 2.64. The molecule has 1 fully saturated rings. The van der Waals surface area contributed by atoms with Crippen molar-refractivity contribution in [2.45, 2.75) is 50.0 Å². The van der Waals surface area contributed by atoms with Crippen molar-refractivity contribution in [2.75, 3.05) is 12.3 Å². The molecule has 0 aliphatic carbocycles. The average molecular weight is 282 g/mol. The second-order valence-corrected chi connectivity index (χ2v) is 6.99. The van der Waals surface area contributed by atoms with Crippen LogP contribution < -0.4 is 5.73 Å². The van der Waals surface area contributed by atoms with Gasteiger partial charge < -0.3 is 5.73 Å². The number of hydrogen-bond donors (Lipinski definition) is 1. The predicted molar refractivity (Wildman–Crippen MR) is 77.3 cm³/mol. The van der Waals surface area contributed by atoms with Crippen LogP contribution >= 0.6 is 0 Å². The van der Waals surface area contributed by atoms with Crippen molar-refractivity contribution < 1.29 is 8.42 Å². The van der Waals surface area contributed by atoms with Crippen molar-refractivity contribution in [1.29, 1.82) is 0 Å². The van der Waals surface area contributed by atoms with Gasteiger partial charge in [0.15, 0.2) is 0 Å². The summed E-state index contributed by atoms with van der Waals surface area (Å²) in [5, 5.41) is 0. The van der Waals surface area contributed by atoms with Crippen molar-refractivity contribution in [3.05, 3.63) is 24.3 Å². The van der Waals surface area contributed by atoms with E-state index in [9.17, 15) is 8.42 Å². The zero-order valence-electron chi connectivity index (χ0n) is 11.4. The van der Waals surface area contributed by atoms with Crippen molar-refractivity contribution in [3.63, 3.8) is 0 Å². The topological polar surface area (TPSA) is 63.4 Å². The smallest absolute Gasteiger partial charge is 0.243 e. The van der Waals surface area contributed by atoms with Crippen molar-refractivity contribution >= 4 is 15.7 Å². The van der Waals surface area contributed by atoms with E-state index in [1.165, 1.54) is 0 Å². The molecule has 1 aromatic carbocycles. The number of hydrogen-bond acceptors (Lipinski definition) is 3. The summed E-state index contributed by atoms with van der Waals surface area (Å²) in [5.74, 6) is 0. The first kappa shape index (κ1) is 14.3. The first-order valence-electron chi connectivity index (χ1n) is 6.93. The fourth-order valence-electron chi connectivity index (χ4n) is 2.65. The second kappa shape index (κ2) is 5.92. The third kappa shape index (κ3) is 3.09. The lowest BCUT2D eigenvalue weighted by Gasteiger charge is -2.28. The summed E-state index contributed by atoms with van der Waals surface area (Å²) in [7, 11) is -3.39. The number of nitrogens with two attached hydrogens (primary N) is 1. The molecule has 0 amide bonds. The molecule has 106 valence electrons. The van der Waals surface area contributed by atoms with Gasteiger partial charge in [0.1, 0.15) is 0 Å². The molecule has 4 nitrogen and oxygen atoms in total. The van der Waals surface area contributed by atoms with E-state index in [1.54, 1.807) is 28.6 Å². The largest absolute Gasteiger partial charge is 0.399 e. The minimum Gasteiger partial charge on any atom is -0.399 e. The van der Waals surface area contributed by atoms with E-state index >= 15 is 0 Å². The molecule has 2 rings (SSSR count). The van der Waals surface area contributed by atoms with Crippen LogP contribution in [0.2, 0.25) is 0 Å². The van der Waals surface area contributed by atoms with Crippen LogP contribution in [0.5, 0.6) is 0 Å². The standard InChI is InChI=1S/C14H22N2O2S/c1-2-13-6-4-3-5-11-16(13)19(17,18)14-9-7-12(15)8-10-14/h7-10,13H,2-6,11,15H2,1H3. The third-order valence-electron chi connectivity index (χ3n) is 3.78. The SMILES string of the molecule is CCC1CCCCCN1S(=O)(=O)c1ccc(N)cc1. The maximum atomic E-state index is 12.7. The Kier molecular flexibility index (Phi) is 4.47. The van der Waals surface area contributed by atoms with Crippen LogP contribution in [-0.4, -0.2) is 25.3 Å². The molecule has 5 heteroatoms. The maximum absolute atomic E-state index is 12.7. The lowest BCUT2D eigenvalue weighted by atomic mass is 10.1. The Morgan fingerprint density at radius 3 is 2.53 bits per heavy atom. The molecule has 1 unspecified atom stereocenters. The van der Waals surface area contributed by atoms with Crippen molar-refractivity contribution in [2.24, 2.45) is 0 Å². The Labute approximate surface area is 115 Å². The van der Waals surface area contributed by atoms with Crippen LogP contribution in [0, 0.1) is 0 Å². The van der Waals surface area contributed by atoms with Gasteiger partial charge >= 0.3 is 0 Å². The van der Waals surface area contributed by atoms with E-state index in [2.05, 4.69) is 6.92 Å². The fourth-order valence-corrected chi connectivity index (χ4v) is 4.42. The molecule has 1 aromatic rings. The van der Waals surface area contributed by atoms with Crippen LogP contribution in [0.1, 0.15) is 39.0 Å². The molecule has 0 bridgehead atoms. The summed E-state index contributed by atoms with van der Waals surface area (Å²) >= 11 is 0. The summed E-state index contributed by atoms with van der Waals surface area (Å²) in [6, 6.07) is 6.62. The van der Waals surface area contributed by atoms with Crippen LogP contribution in [0.15, 0.2) is 29.2 Å². The number of sulfonamides is 1. The van der Waals surface area contributed by atoms with Gasteiger partial charge in [-0.05, 0) is 43.5 Å². The fraction of sp³-hybridized carbons (Fsp3) is 0.571. The number of benzene rings is 1. The highest BCUT2D eigenvalue weighted by Gasteiger charge is 2.31. The molecule has 1 atom stereocenters. The van der Waals surface area contributed by atoms with Gasteiger partial charge in [-0.15, -0.1) is 0 Å². The highest BCUT2D eigenvalue weighted by molar-refractivity contribution is 7.89. The van der Waals surface area contributed by atoms with Crippen LogP contribution in [0.3, 0.4) is 0 Å². The third-order valence-corrected chi connectivity index (χ3v) is 5.75. The molecule has 0 radical (unpaired) electrons. The monoisotopic (exact) mass is 282 g/mol. The van der Waals surface area contributed by atoms with E-state index in [0.29, 0.717) is 17.1 Å². The van der Waals surface area contributed by atoms with Gasteiger partial charge in [-0.2, -0.15) is 4.31 Å². The van der Waals surface area contributed by atoms with E-state index in [1.807, 2.05) is 0 Å². The zero-order chi connectivity index (χ0) is 13.9. The summed E-state index contributed by atoms with van der Waals surface area (Å²) in [5.41, 5.74) is 6.20. The van der Waals surface area contributed by atoms with Crippen molar-refractivity contribution in [3.8, 4) is 0 Å². The molecule has 1 saturated heterocycles. The normalized spacial score (nSPS) is 22.1. The Morgan fingerprint density at radius 2 is 1.89 bits per heavy atom. The van der Waals surface area contributed by atoms with Gasteiger partial charge in [0.25, 0.3) is 0 Å². The van der Waals surface area contributed by atoms with Gasteiger partial charge in [-0.25, -0.2) is 8.42 Å². The Bertz CT molecular complexity index is 511. The summed E-state index contributed by atoms with van der Waals surface area (Å²) < 4.78 is 27.1. The minimum atomic E-state index is -3.39. The molecule has 1 heterocycles. The van der Waals surface area contributed by atoms with E-state index < -0.39 is 10.0 Å². The zero-order valence-corrected chi connectivity index (χ0v) is 12.2. The number of nitrogen functional groups attached to an aromatic ring is 1. The molecular weight excluding hydrogens is 260 g/mol. The number of nitrogens with zero attached hydrogens (tertiary/aromatic N) is 1. The summed E-state index contributed by atoms with van der Waals surface area (Å²) in [6.07, 6.45) is 5.01. The molecule has 2 N–H and O–H groups in total. The van der Waals surface area contributed by atoms with Gasteiger partial charge in [0.05, 0.1) is 4.90 Å². The second-order valence-electron chi connectivity index (χ2n) is 5.10. The maximum Gasteiger partial charge on any atom is 0.243 e. The van der Waals surface area contributed by atoms with Gasteiger partial charge in [-0.3, -0.25) is 0 Å². The first-order valence-corrected chi connectivity index (χ1v) is 8.37. The van der Waals surface area contributed by atoms with E-state index in [4.69, 9.17) is 5.73 Å². The molecular formula is C14H22N2O2S. The summed E-state index contributed by atoms with van der Waals surface area (Å²) in [6.45, 7) is 2.69. The van der Waals surface area contributed by atoms with Crippen LogP contribution in [-0.2, 0) is 10.0 Å². The van der Waals surface area contributed by atoms with Crippen LogP contribution in [0.4, 0.5) is 5.69 Å². The number of anilines is 1.